The molecule has 30 heavy (non-hydrogen) atoms. The highest BCUT2D eigenvalue weighted by Gasteiger charge is 2.37. The maximum Gasteiger partial charge on any atom is 0.433 e. The van der Waals surface area contributed by atoms with Gasteiger partial charge in [0, 0.05) is 18.8 Å². The Bertz CT molecular complexity index is 1070. The van der Waals surface area contributed by atoms with E-state index in [0.29, 0.717) is 11.4 Å². The Morgan fingerprint density at radius 3 is 2.30 bits per heavy atom. The number of nitrogens with zero attached hydrogens (tertiary/aromatic N) is 2. The van der Waals surface area contributed by atoms with Crippen molar-refractivity contribution in [1.29, 1.82) is 0 Å². The predicted molar refractivity (Wildman–Crippen MR) is 106 cm³/mol. The molecule has 2 amide bonds. The molecule has 152 valence electrons. The molecule has 2 heterocycles. The fourth-order valence-electron chi connectivity index (χ4n) is 2.98. The number of hydrogen-bond acceptors (Lipinski definition) is 6. The number of likely N-dealkylation sites (tertiary alicyclic amines) is 1. The van der Waals surface area contributed by atoms with E-state index < -0.39 is 16.7 Å². The number of nitrogens with one attached hydrogen (secondary N) is 1. The summed E-state index contributed by atoms with van der Waals surface area (Å²) in [5, 5.41) is 13.5. The van der Waals surface area contributed by atoms with Crippen molar-refractivity contribution < 1.29 is 23.7 Å². The van der Waals surface area contributed by atoms with E-state index in [1.165, 1.54) is 11.0 Å². The topological polar surface area (TPSA) is 115 Å². The van der Waals surface area contributed by atoms with E-state index in [1.807, 2.05) is 30.3 Å². The van der Waals surface area contributed by atoms with Gasteiger partial charge in [0.2, 0.25) is 5.91 Å². The summed E-state index contributed by atoms with van der Waals surface area (Å²) in [5.41, 5.74) is 0.617. The molecule has 1 aliphatic rings. The molecule has 9 heteroatoms. The number of carbonyl (C=O) groups excluding carboxylic acids is 2. The number of anilines is 1. The highest BCUT2D eigenvalue weighted by molar-refractivity contribution is 5.97. The molecule has 1 aromatic heterocycles. The molecule has 0 unspecified atom stereocenters. The van der Waals surface area contributed by atoms with Crippen molar-refractivity contribution in [3.63, 3.8) is 0 Å². The summed E-state index contributed by atoms with van der Waals surface area (Å²) in [5.74, 6) is -0.292. The maximum atomic E-state index is 12.4. The summed E-state index contributed by atoms with van der Waals surface area (Å²) in [4.78, 5) is 36.0. The molecule has 4 rings (SSSR count). The maximum absolute atomic E-state index is 12.4. The highest BCUT2D eigenvalue weighted by atomic mass is 16.6. The molecule has 1 N–H and O–H groups in total. The first-order valence-corrected chi connectivity index (χ1v) is 9.17. The van der Waals surface area contributed by atoms with E-state index in [4.69, 9.17) is 9.15 Å². The lowest BCUT2D eigenvalue weighted by Gasteiger charge is -2.37. The lowest BCUT2D eigenvalue weighted by atomic mass is 9.98. The van der Waals surface area contributed by atoms with Crippen LogP contribution in [0.15, 0.2) is 71.1 Å². The van der Waals surface area contributed by atoms with Crippen LogP contribution in [0.3, 0.4) is 0 Å². The molecule has 2 aromatic carbocycles. The Hall–Kier alpha value is -4.14. The van der Waals surface area contributed by atoms with Gasteiger partial charge < -0.3 is 19.4 Å². The van der Waals surface area contributed by atoms with Crippen LogP contribution >= 0.6 is 0 Å². The number of ether oxygens (including phenoxy) is 1. The van der Waals surface area contributed by atoms with E-state index in [9.17, 15) is 19.7 Å². The van der Waals surface area contributed by atoms with Gasteiger partial charge in [0.05, 0.1) is 12.0 Å². The number of hydrogen-bond donors (Lipinski definition) is 1. The summed E-state index contributed by atoms with van der Waals surface area (Å²) >= 11 is 0. The van der Waals surface area contributed by atoms with Gasteiger partial charge in [0.1, 0.15) is 16.4 Å². The van der Waals surface area contributed by atoms with Crippen molar-refractivity contribution in [2.45, 2.75) is 0 Å². The molecule has 0 aliphatic carbocycles. The smallest absolute Gasteiger partial charge is 0.433 e. The predicted octanol–water partition coefficient (Wildman–Crippen LogP) is 3.69. The third-order valence-corrected chi connectivity index (χ3v) is 4.62. The summed E-state index contributed by atoms with van der Waals surface area (Å²) in [6.45, 7) is 0.433. The zero-order valence-electron chi connectivity index (χ0n) is 15.7. The first-order valence-electron chi connectivity index (χ1n) is 9.17. The minimum Gasteiger partial charge on any atom is -0.457 e. The van der Waals surface area contributed by atoms with E-state index in [2.05, 4.69) is 5.32 Å². The minimum absolute atomic E-state index is 0.116. The van der Waals surface area contributed by atoms with Crippen LogP contribution in [0.25, 0.3) is 0 Å². The third-order valence-electron chi connectivity index (χ3n) is 4.62. The van der Waals surface area contributed by atoms with Crippen molar-refractivity contribution in [3.05, 3.63) is 82.6 Å². The van der Waals surface area contributed by atoms with Crippen LogP contribution in [0.2, 0.25) is 0 Å². The Kier molecular flexibility index (Phi) is 5.17. The Morgan fingerprint density at radius 2 is 1.67 bits per heavy atom. The fourth-order valence-corrected chi connectivity index (χ4v) is 2.98. The molecule has 0 radical (unpaired) electrons. The van der Waals surface area contributed by atoms with E-state index in [0.717, 1.165) is 11.8 Å². The second kappa shape index (κ2) is 8.08. The lowest BCUT2D eigenvalue weighted by molar-refractivity contribution is -0.402. The molecule has 9 nitrogen and oxygen atoms in total. The molecule has 0 atom stereocenters. The second-order valence-corrected chi connectivity index (χ2v) is 6.73. The van der Waals surface area contributed by atoms with Gasteiger partial charge in [-0.3, -0.25) is 19.7 Å². The van der Waals surface area contributed by atoms with Crippen LogP contribution in [-0.2, 0) is 4.79 Å². The minimum atomic E-state index is -0.709. The summed E-state index contributed by atoms with van der Waals surface area (Å²) < 4.78 is 10.6. The van der Waals surface area contributed by atoms with E-state index >= 15 is 0 Å². The van der Waals surface area contributed by atoms with Crippen molar-refractivity contribution in [3.8, 4) is 11.5 Å². The van der Waals surface area contributed by atoms with Crippen molar-refractivity contribution in [2.75, 3.05) is 18.4 Å². The number of nitro groups is 1. The normalized spacial score (nSPS) is 13.4. The zero-order valence-corrected chi connectivity index (χ0v) is 15.7. The van der Waals surface area contributed by atoms with Crippen LogP contribution in [0.1, 0.15) is 10.6 Å². The van der Waals surface area contributed by atoms with Gasteiger partial charge in [-0.15, -0.1) is 0 Å². The quantitative estimate of drug-likeness (QED) is 0.492. The van der Waals surface area contributed by atoms with Crippen LogP contribution in [0.5, 0.6) is 11.5 Å². The van der Waals surface area contributed by atoms with Gasteiger partial charge >= 0.3 is 5.88 Å². The monoisotopic (exact) mass is 407 g/mol. The number of rotatable bonds is 6. The van der Waals surface area contributed by atoms with Crippen LogP contribution in [0, 0.1) is 16.0 Å². The number of amides is 2. The summed E-state index contributed by atoms with van der Waals surface area (Å²) in [6, 6.07) is 18.7. The number of furan rings is 1. The average molecular weight is 407 g/mol. The Morgan fingerprint density at radius 1 is 1.00 bits per heavy atom. The average Bonchev–Trinajstić information content (AvgIpc) is 3.20. The summed E-state index contributed by atoms with van der Waals surface area (Å²) in [6.07, 6.45) is 0. The number of benzene rings is 2. The SMILES string of the molecule is O=C(Nc1ccc(Oc2ccccc2)cc1)C1CN(C(=O)c2ccc([N+](=O)[O-])o2)C1. The van der Waals surface area contributed by atoms with Crippen LogP contribution in [0.4, 0.5) is 11.6 Å². The van der Waals surface area contributed by atoms with E-state index in [-0.39, 0.29) is 30.7 Å². The molecule has 0 bridgehead atoms. The van der Waals surface area contributed by atoms with Gasteiger partial charge in [-0.2, -0.15) is 0 Å². The molecule has 1 aliphatic heterocycles. The van der Waals surface area contributed by atoms with Crippen molar-refractivity contribution in [1.82, 2.24) is 4.90 Å². The molecular weight excluding hydrogens is 390 g/mol. The molecule has 1 saturated heterocycles. The lowest BCUT2D eigenvalue weighted by Crippen LogP contribution is -2.54. The molecule has 1 fully saturated rings. The third kappa shape index (κ3) is 4.14. The van der Waals surface area contributed by atoms with Crippen molar-refractivity contribution >= 4 is 23.4 Å². The summed E-state index contributed by atoms with van der Waals surface area (Å²) in [7, 11) is 0. The zero-order chi connectivity index (χ0) is 21.1. The fraction of sp³-hybridized carbons (Fsp3) is 0.143. The Balaban J connectivity index is 1.28. The standard InChI is InChI=1S/C21H17N3O6/c25-20(14-12-23(13-14)21(26)18-10-11-19(30-18)24(27)28)22-15-6-8-17(9-7-15)29-16-4-2-1-3-5-16/h1-11,14H,12-13H2,(H,22,25). The van der Waals surface area contributed by atoms with Gasteiger partial charge in [-0.1, -0.05) is 18.2 Å². The van der Waals surface area contributed by atoms with Gasteiger partial charge in [-0.05, 0) is 42.5 Å². The molecule has 3 aromatic rings. The second-order valence-electron chi connectivity index (χ2n) is 6.73. The molecule has 0 saturated carbocycles. The van der Waals surface area contributed by atoms with E-state index in [1.54, 1.807) is 24.3 Å². The van der Waals surface area contributed by atoms with Gasteiger partial charge in [0.25, 0.3) is 5.91 Å². The molecular formula is C21H17N3O6. The molecule has 0 spiro atoms. The highest BCUT2D eigenvalue weighted by Crippen LogP contribution is 2.25. The first-order chi connectivity index (χ1) is 14.5. The number of para-hydroxylation sites is 1. The van der Waals surface area contributed by atoms with Crippen molar-refractivity contribution in [2.24, 2.45) is 5.92 Å². The number of carbonyl (C=O) groups is 2. The van der Waals surface area contributed by atoms with Crippen LogP contribution in [-0.4, -0.2) is 34.7 Å². The van der Waals surface area contributed by atoms with Gasteiger partial charge in [0.15, 0.2) is 5.76 Å². The first kappa shape index (κ1) is 19.2. The van der Waals surface area contributed by atoms with Gasteiger partial charge in [-0.25, -0.2) is 0 Å². The Labute approximate surface area is 171 Å². The van der Waals surface area contributed by atoms with Crippen LogP contribution < -0.4 is 10.1 Å². The largest absolute Gasteiger partial charge is 0.457 e.